The molecule has 11 heteroatoms. The number of likely N-dealkylation sites (N-methyl/N-ethyl adjacent to an activating group) is 1. The first kappa shape index (κ1) is 24.6. The first-order chi connectivity index (χ1) is 18.8. The highest BCUT2D eigenvalue weighted by Crippen LogP contribution is 2.35. The molecule has 1 fully saturated rings. The molecule has 0 radical (unpaired) electrons. The topological polar surface area (TPSA) is 129 Å². The van der Waals surface area contributed by atoms with E-state index in [9.17, 15) is 14.7 Å². The van der Waals surface area contributed by atoms with Gasteiger partial charge >= 0.3 is 5.97 Å². The molecule has 6 rings (SSSR count). The van der Waals surface area contributed by atoms with Gasteiger partial charge in [0.05, 0.1) is 23.5 Å². The zero-order valence-corrected chi connectivity index (χ0v) is 21.7. The van der Waals surface area contributed by atoms with Crippen molar-refractivity contribution in [3.63, 3.8) is 0 Å². The molecule has 4 heterocycles. The van der Waals surface area contributed by atoms with Crippen LogP contribution >= 0.6 is 0 Å². The van der Waals surface area contributed by atoms with Crippen LogP contribution in [-0.4, -0.2) is 66.8 Å². The maximum atomic E-state index is 12.9. The molecule has 39 heavy (non-hydrogen) atoms. The summed E-state index contributed by atoms with van der Waals surface area (Å²) in [6.45, 7) is 2.40. The molecule has 1 saturated heterocycles. The summed E-state index contributed by atoms with van der Waals surface area (Å²) >= 11 is 0. The van der Waals surface area contributed by atoms with E-state index in [2.05, 4.69) is 15.4 Å². The summed E-state index contributed by atoms with van der Waals surface area (Å²) in [4.78, 5) is 26.8. The molecule has 0 unspecified atom stereocenters. The Hall–Kier alpha value is -4.77. The number of benzene rings is 2. The van der Waals surface area contributed by atoms with Crippen LogP contribution in [0.1, 0.15) is 29.6 Å². The number of rotatable bonds is 6. The number of amides is 1. The summed E-state index contributed by atoms with van der Waals surface area (Å²) < 4.78 is 14.1. The van der Waals surface area contributed by atoms with Crippen LogP contribution in [0, 0.1) is 0 Å². The summed E-state index contributed by atoms with van der Waals surface area (Å²) in [5.74, 6) is -0.830. The number of likely N-dealkylation sites (tertiary alicyclic amines) is 1. The van der Waals surface area contributed by atoms with Gasteiger partial charge in [-0.05, 0) is 37.3 Å². The predicted molar refractivity (Wildman–Crippen MR) is 141 cm³/mol. The van der Waals surface area contributed by atoms with E-state index in [0.717, 1.165) is 11.3 Å². The number of fused-ring (bicyclic) bond motifs is 1. The zero-order valence-electron chi connectivity index (χ0n) is 21.7. The van der Waals surface area contributed by atoms with Gasteiger partial charge in [0.2, 0.25) is 5.60 Å². The maximum absolute atomic E-state index is 12.9. The third-order valence-corrected chi connectivity index (χ3v) is 6.97. The first-order valence-electron chi connectivity index (χ1n) is 12.5. The van der Waals surface area contributed by atoms with Crippen LogP contribution < -0.4 is 0 Å². The molecule has 1 N–H and O–H groups in total. The smallest absolute Gasteiger partial charge is 0.359 e. The predicted octanol–water partition coefficient (Wildman–Crippen LogP) is 3.31. The second-order valence-corrected chi connectivity index (χ2v) is 9.55. The molecule has 0 bridgehead atoms. The van der Waals surface area contributed by atoms with Crippen molar-refractivity contribution < 1.29 is 24.0 Å². The van der Waals surface area contributed by atoms with Crippen LogP contribution in [0.3, 0.4) is 0 Å². The summed E-state index contributed by atoms with van der Waals surface area (Å²) in [6.07, 6.45) is 2.09. The second kappa shape index (κ2) is 9.21. The highest BCUT2D eigenvalue weighted by molar-refractivity contribution is 6.03. The van der Waals surface area contributed by atoms with Crippen molar-refractivity contribution in [1.29, 1.82) is 0 Å². The minimum Gasteiger partial charge on any atom is -0.461 e. The van der Waals surface area contributed by atoms with Crippen LogP contribution in [-0.2, 0) is 22.2 Å². The largest absolute Gasteiger partial charge is 0.461 e. The quantitative estimate of drug-likeness (QED) is 0.334. The summed E-state index contributed by atoms with van der Waals surface area (Å²) in [6, 6.07) is 16.6. The third-order valence-electron chi connectivity index (χ3n) is 6.97. The Labute approximate surface area is 223 Å². The molecule has 0 saturated carbocycles. The number of aliphatic hydroxyl groups is 1. The van der Waals surface area contributed by atoms with Crippen molar-refractivity contribution >= 4 is 22.8 Å². The van der Waals surface area contributed by atoms with E-state index in [-0.39, 0.29) is 24.5 Å². The minimum atomic E-state index is -1.73. The number of nitrogens with zero attached hydrogens (tertiary/aromatic N) is 6. The number of aryl methyl sites for hydroxylation is 1. The molecule has 11 nitrogen and oxygen atoms in total. The Balaban J connectivity index is 1.42. The number of aromatic nitrogens is 5. The van der Waals surface area contributed by atoms with Gasteiger partial charge in [-0.25, -0.2) is 9.48 Å². The fraction of sp³-hybridized carbons (Fsp3) is 0.250. The Morgan fingerprint density at radius 3 is 2.62 bits per heavy atom. The van der Waals surface area contributed by atoms with Gasteiger partial charge in [0.15, 0.2) is 11.5 Å². The van der Waals surface area contributed by atoms with Crippen LogP contribution in [0.25, 0.3) is 39.1 Å². The van der Waals surface area contributed by atoms with E-state index in [1.807, 2.05) is 61.8 Å². The monoisotopic (exact) mass is 526 g/mol. The summed E-state index contributed by atoms with van der Waals surface area (Å²) in [7, 11) is 3.48. The molecule has 0 aliphatic carbocycles. The van der Waals surface area contributed by atoms with Crippen molar-refractivity contribution in [2.45, 2.75) is 18.9 Å². The number of carbonyl (C=O) groups excluding carboxylic acids is 2. The molecule has 1 aliphatic rings. The van der Waals surface area contributed by atoms with Gasteiger partial charge in [0, 0.05) is 55.8 Å². The fourth-order valence-corrected chi connectivity index (χ4v) is 4.88. The Morgan fingerprint density at radius 2 is 1.90 bits per heavy atom. The molecule has 3 aromatic heterocycles. The van der Waals surface area contributed by atoms with Crippen molar-refractivity contribution in [3.8, 4) is 28.2 Å². The molecular weight excluding hydrogens is 500 g/mol. The second-order valence-electron chi connectivity index (χ2n) is 9.55. The Kier molecular flexibility index (Phi) is 5.80. The normalized spacial score (nSPS) is 17.3. The van der Waals surface area contributed by atoms with Crippen LogP contribution in [0.5, 0.6) is 0 Å². The Morgan fingerprint density at radius 1 is 1.08 bits per heavy atom. The van der Waals surface area contributed by atoms with Gasteiger partial charge in [-0.3, -0.25) is 9.48 Å². The molecular formula is C28H26N6O5. The lowest BCUT2D eigenvalue weighted by atomic mass is 9.98. The highest BCUT2D eigenvalue weighted by Gasteiger charge is 2.48. The minimum absolute atomic E-state index is 0.105. The lowest BCUT2D eigenvalue weighted by Gasteiger charge is -2.16. The molecule has 1 atom stereocenters. The van der Waals surface area contributed by atoms with Gasteiger partial charge < -0.3 is 19.3 Å². The van der Waals surface area contributed by atoms with Crippen LogP contribution in [0.15, 0.2) is 65.3 Å². The van der Waals surface area contributed by atoms with Gasteiger partial charge in [0.1, 0.15) is 5.69 Å². The maximum Gasteiger partial charge on any atom is 0.359 e. The number of hydrogen-bond donors (Lipinski definition) is 1. The molecule has 5 aromatic rings. The molecule has 1 aliphatic heterocycles. The van der Waals surface area contributed by atoms with E-state index in [1.54, 1.807) is 29.4 Å². The third kappa shape index (κ3) is 4.07. The summed E-state index contributed by atoms with van der Waals surface area (Å²) in [5.41, 5.74) is 2.64. The highest BCUT2D eigenvalue weighted by atomic mass is 16.5. The molecule has 198 valence electrons. The fourth-order valence-electron chi connectivity index (χ4n) is 4.88. The van der Waals surface area contributed by atoms with Crippen molar-refractivity contribution in [2.24, 2.45) is 7.05 Å². The molecule has 2 aromatic carbocycles. The number of ether oxygens (including phenoxy) is 1. The lowest BCUT2D eigenvalue weighted by molar-refractivity contribution is -0.144. The number of carbonyl (C=O) groups is 2. The van der Waals surface area contributed by atoms with Crippen molar-refractivity contribution in [2.75, 3.05) is 20.2 Å². The van der Waals surface area contributed by atoms with Gasteiger partial charge in [-0.1, -0.05) is 23.4 Å². The van der Waals surface area contributed by atoms with Crippen molar-refractivity contribution in [1.82, 2.24) is 29.6 Å². The average Bonchev–Trinajstić information content (AvgIpc) is 3.73. The van der Waals surface area contributed by atoms with Crippen LogP contribution in [0.2, 0.25) is 0 Å². The van der Waals surface area contributed by atoms with E-state index in [4.69, 9.17) is 9.26 Å². The van der Waals surface area contributed by atoms with Gasteiger partial charge in [0.25, 0.3) is 5.91 Å². The standard InChI is InChI=1S/C28H26N6O5/c1-4-38-26(35)25-20-15-18(21-10-12-33(3)29-21)8-9-23(20)34(30-25)19-7-5-6-17(14-19)22-16-24(39-31-22)28(37)11-13-32(2)27(28)36/h5-10,12,14-16,37H,4,11,13H2,1-3H3/t28-/m1/s1. The average molecular weight is 527 g/mol. The first-order valence-corrected chi connectivity index (χ1v) is 12.5. The zero-order chi connectivity index (χ0) is 27.3. The number of esters is 1. The Bertz CT molecular complexity index is 1730. The summed E-state index contributed by atoms with van der Waals surface area (Å²) in [5, 5.41) is 24.8. The van der Waals surface area contributed by atoms with Crippen molar-refractivity contribution in [3.05, 3.63) is 72.2 Å². The SMILES string of the molecule is CCOC(=O)c1nn(-c2cccc(-c3cc([C@]4(O)CCN(C)C4=O)on3)c2)c2ccc(-c3ccn(C)n3)cc12. The van der Waals surface area contributed by atoms with Crippen LogP contribution in [0.4, 0.5) is 0 Å². The van der Waals surface area contributed by atoms with E-state index in [0.29, 0.717) is 34.4 Å². The molecule has 1 amide bonds. The van der Waals surface area contributed by atoms with Gasteiger partial charge in [-0.2, -0.15) is 10.2 Å². The van der Waals surface area contributed by atoms with E-state index >= 15 is 0 Å². The van der Waals surface area contributed by atoms with Gasteiger partial charge in [-0.15, -0.1) is 0 Å². The number of hydrogen-bond acceptors (Lipinski definition) is 8. The van der Waals surface area contributed by atoms with E-state index < -0.39 is 17.5 Å². The lowest BCUT2D eigenvalue weighted by Crippen LogP contribution is -2.35. The molecule has 0 spiro atoms. The van der Waals surface area contributed by atoms with E-state index in [1.165, 1.54) is 4.90 Å².